The molecule has 0 aliphatic heterocycles. The molecule has 0 spiro atoms. The van der Waals surface area contributed by atoms with Crippen LogP contribution in [0.5, 0.6) is 5.75 Å². The summed E-state index contributed by atoms with van der Waals surface area (Å²) in [6.45, 7) is 0. The summed E-state index contributed by atoms with van der Waals surface area (Å²) in [5.74, 6) is -1.21. The molecule has 15 heteroatoms. The molecule has 1 radical (unpaired) electrons. The van der Waals surface area contributed by atoms with E-state index in [0.717, 1.165) is 0 Å². The molecule has 0 bridgehead atoms. The van der Waals surface area contributed by atoms with E-state index < -0.39 is 37.6 Å². The maximum atomic E-state index is 10.4. The summed E-state index contributed by atoms with van der Waals surface area (Å²) in [6, 6.07) is 0.894. The van der Waals surface area contributed by atoms with E-state index >= 15 is 0 Å². The molecule has 13 nitrogen and oxygen atoms in total. The number of nitro benzene ring substituents is 3. The SMILES string of the molecule is O=[N+]([O-])c1cc([N+](=O)[O-])c(O)c([N+](=O)[O-])c1.[Cu].[Fe].c1c[nH]nn1. The number of nitrogens with zero attached hydrogens (tertiary/aromatic N) is 5. The van der Waals surface area contributed by atoms with Crippen LogP contribution in [0.4, 0.5) is 17.1 Å². The molecule has 0 unspecified atom stereocenters. The third-order valence-corrected chi connectivity index (χ3v) is 1.99. The molecule has 0 atom stereocenters. The zero-order valence-electron chi connectivity index (χ0n) is 10.6. The summed E-state index contributed by atoms with van der Waals surface area (Å²) in [5.41, 5.74) is -3.00. The number of aromatic amines is 1. The molecular weight excluding hydrogens is 412 g/mol. The Hall–Kier alpha value is -2.60. The van der Waals surface area contributed by atoms with Gasteiger partial charge in [0.2, 0.25) is 0 Å². The van der Waals surface area contributed by atoms with Crippen LogP contribution in [0, 0.1) is 30.3 Å². The van der Waals surface area contributed by atoms with Gasteiger partial charge in [-0.1, -0.05) is 5.21 Å². The van der Waals surface area contributed by atoms with Crippen LogP contribution in [-0.2, 0) is 34.1 Å². The molecule has 0 fully saturated rings. The van der Waals surface area contributed by atoms with E-state index in [1.165, 1.54) is 0 Å². The van der Waals surface area contributed by atoms with Crippen molar-refractivity contribution < 1.29 is 54.0 Å². The maximum absolute atomic E-state index is 10.4. The molecule has 1 aromatic heterocycles. The number of phenolic OH excluding ortho intramolecular Hbond substituents is 1. The van der Waals surface area contributed by atoms with E-state index in [-0.39, 0.29) is 34.1 Å². The number of H-pyrrole nitrogens is 1. The zero-order chi connectivity index (χ0) is 16.0. The number of phenols is 1. The Balaban J connectivity index is 0. The monoisotopic (exact) mass is 417 g/mol. The zero-order valence-corrected chi connectivity index (χ0v) is 12.6. The van der Waals surface area contributed by atoms with Crippen molar-refractivity contribution in [3.8, 4) is 5.75 Å². The first-order valence-electron chi connectivity index (χ1n) is 4.95. The second-order valence-corrected chi connectivity index (χ2v) is 3.26. The summed E-state index contributed by atoms with van der Waals surface area (Å²) < 4.78 is 0. The first-order chi connectivity index (χ1) is 9.84. The van der Waals surface area contributed by atoms with Crippen molar-refractivity contribution in [2.45, 2.75) is 0 Å². The molecule has 2 aromatic rings. The second-order valence-electron chi connectivity index (χ2n) is 3.26. The minimum atomic E-state index is -1.21. The first-order valence-corrected chi connectivity index (χ1v) is 4.95. The van der Waals surface area contributed by atoms with Crippen molar-refractivity contribution in [2.24, 2.45) is 0 Å². The van der Waals surface area contributed by atoms with Gasteiger partial charge in [-0.05, 0) is 0 Å². The van der Waals surface area contributed by atoms with E-state index in [1.54, 1.807) is 12.4 Å². The van der Waals surface area contributed by atoms with E-state index in [0.29, 0.717) is 12.1 Å². The van der Waals surface area contributed by atoms with Crippen LogP contribution in [0.2, 0.25) is 0 Å². The van der Waals surface area contributed by atoms with Crippen LogP contribution in [0.15, 0.2) is 24.5 Å². The number of hydrogen-bond donors (Lipinski definition) is 2. The Bertz CT molecular complexity index is 629. The molecule has 2 rings (SSSR count). The van der Waals surface area contributed by atoms with E-state index in [4.69, 9.17) is 5.11 Å². The van der Waals surface area contributed by atoms with Gasteiger partial charge >= 0.3 is 11.4 Å². The van der Waals surface area contributed by atoms with Crippen molar-refractivity contribution in [2.75, 3.05) is 0 Å². The molecule has 2 N–H and O–H groups in total. The third kappa shape index (κ3) is 6.35. The number of nitrogens with one attached hydrogen (secondary N) is 1. The smallest absolute Gasteiger partial charge is 0.324 e. The Morgan fingerprint density at radius 1 is 1.00 bits per heavy atom. The number of aromatic hydroxyl groups is 1. The fourth-order valence-electron chi connectivity index (χ4n) is 1.14. The second kappa shape index (κ2) is 10.2. The van der Waals surface area contributed by atoms with Crippen molar-refractivity contribution in [1.29, 1.82) is 0 Å². The molecule has 0 aliphatic rings. The van der Waals surface area contributed by atoms with Crippen LogP contribution in [0.3, 0.4) is 0 Å². The number of aromatic nitrogens is 3. The summed E-state index contributed by atoms with van der Waals surface area (Å²) in [7, 11) is 0. The topological polar surface area (TPSA) is 191 Å². The standard InChI is InChI=1S/C6H3N3O7.C2H3N3.Cu.Fe/c10-6-4(8(13)14)1-3(7(11)12)2-5(6)9(15)16;1-2-4-5-3-1;;/h1-2,10H;1-2H,(H,3,4,5);;. The molecule has 1 aromatic carbocycles. The fourth-order valence-corrected chi connectivity index (χ4v) is 1.14. The van der Waals surface area contributed by atoms with Crippen LogP contribution in [-0.4, -0.2) is 35.3 Å². The quantitative estimate of drug-likeness (QED) is 0.415. The Kier molecular flexibility index (Phi) is 10.0. The first kappa shape index (κ1) is 22.7. The van der Waals surface area contributed by atoms with Gasteiger partial charge in [0.1, 0.15) is 0 Å². The molecule has 0 saturated heterocycles. The summed E-state index contributed by atoms with van der Waals surface area (Å²) >= 11 is 0. The Morgan fingerprint density at radius 2 is 1.48 bits per heavy atom. The predicted molar refractivity (Wildman–Crippen MR) is 64.5 cm³/mol. The number of rotatable bonds is 3. The van der Waals surface area contributed by atoms with E-state index in [1.807, 2.05) is 0 Å². The fraction of sp³-hybridized carbons (Fsp3) is 0. The molecular formula is C8H6CuFeN6O7. The summed E-state index contributed by atoms with van der Waals surface area (Å²) in [6.07, 6.45) is 3.24. The average molecular weight is 418 g/mol. The predicted octanol–water partition coefficient (Wildman–Crippen LogP) is 0.916. The van der Waals surface area contributed by atoms with Crippen molar-refractivity contribution in [1.82, 2.24) is 15.4 Å². The van der Waals surface area contributed by atoms with Gasteiger partial charge in [-0.2, -0.15) is 0 Å². The number of nitro groups is 3. The normalized spacial score (nSPS) is 8.52. The number of non-ortho nitro benzene ring substituents is 1. The molecule has 0 saturated carbocycles. The van der Waals surface area contributed by atoms with Gasteiger partial charge in [0, 0.05) is 40.3 Å². The summed E-state index contributed by atoms with van der Waals surface area (Å²) in [5, 5.41) is 49.5. The van der Waals surface area contributed by atoms with Gasteiger partial charge in [0.05, 0.1) is 33.1 Å². The van der Waals surface area contributed by atoms with Crippen LogP contribution < -0.4 is 0 Å². The minimum Gasteiger partial charge on any atom is -0.497 e. The van der Waals surface area contributed by atoms with Gasteiger partial charge in [0.25, 0.3) is 11.4 Å². The largest absolute Gasteiger partial charge is 0.497 e. The number of hydrogen-bond acceptors (Lipinski definition) is 9. The molecule has 0 amide bonds. The molecule has 23 heavy (non-hydrogen) atoms. The Morgan fingerprint density at radius 3 is 1.70 bits per heavy atom. The Labute approximate surface area is 147 Å². The number of benzene rings is 1. The van der Waals surface area contributed by atoms with Gasteiger partial charge in [0.15, 0.2) is 0 Å². The van der Waals surface area contributed by atoms with Crippen LogP contribution in [0.1, 0.15) is 0 Å². The third-order valence-electron chi connectivity index (χ3n) is 1.99. The van der Waals surface area contributed by atoms with Gasteiger partial charge < -0.3 is 5.11 Å². The van der Waals surface area contributed by atoms with Crippen molar-refractivity contribution in [3.05, 3.63) is 54.9 Å². The van der Waals surface area contributed by atoms with Gasteiger partial charge in [-0.25, -0.2) is 0 Å². The van der Waals surface area contributed by atoms with Crippen LogP contribution >= 0.6 is 0 Å². The maximum Gasteiger partial charge on any atom is 0.324 e. The van der Waals surface area contributed by atoms with Crippen molar-refractivity contribution >= 4 is 17.1 Å². The van der Waals surface area contributed by atoms with Gasteiger partial charge in [-0.3, -0.25) is 35.4 Å². The molecule has 1 heterocycles. The molecule has 129 valence electrons. The van der Waals surface area contributed by atoms with E-state index in [9.17, 15) is 30.3 Å². The van der Waals surface area contributed by atoms with Gasteiger partial charge in [-0.15, -0.1) is 5.10 Å². The summed E-state index contributed by atoms with van der Waals surface area (Å²) in [4.78, 5) is 27.8. The molecule has 0 aliphatic carbocycles. The van der Waals surface area contributed by atoms with E-state index in [2.05, 4.69) is 15.4 Å². The minimum absolute atomic E-state index is 0. The average Bonchev–Trinajstić information content (AvgIpc) is 2.96. The van der Waals surface area contributed by atoms with Crippen molar-refractivity contribution in [3.63, 3.8) is 0 Å². The van der Waals surface area contributed by atoms with Crippen LogP contribution in [0.25, 0.3) is 0 Å².